The van der Waals surface area contributed by atoms with E-state index >= 15 is 0 Å². The van der Waals surface area contributed by atoms with Gasteiger partial charge in [-0.25, -0.2) is 4.79 Å². The molecule has 11 heteroatoms. The number of amides is 2. The number of nitrogens with zero attached hydrogens (tertiary/aromatic N) is 5. The molecule has 0 saturated carbocycles. The number of carbonyl (C=O) groups is 1. The van der Waals surface area contributed by atoms with Crippen molar-refractivity contribution in [2.45, 2.75) is 64.5 Å². The SMILES string of the molecule is CC(C)N(CCCNC(=O)Nc1ccc(C(C)(C)C)cc1)CC1(O)CCN(c2nc(Cl)nc3[nH]ncc23)C1. The largest absolute Gasteiger partial charge is 0.387 e. The van der Waals surface area contributed by atoms with Gasteiger partial charge in [-0.3, -0.25) is 10.00 Å². The fourth-order valence-electron chi connectivity index (χ4n) is 4.81. The summed E-state index contributed by atoms with van der Waals surface area (Å²) in [7, 11) is 0. The minimum atomic E-state index is -0.887. The summed E-state index contributed by atoms with van der Waals surface area (Å²) in [6, 6.07) is 7.98. The number of aliphatic hydroxyl groups is 1. The van der Waals surface area contributed by atoms with E-state index in [1.54, 1.807) is 6.20 Å². The zero-order valence-electron chi connectivity index (χ0n) is 22.9. The highest BCUT2D eigenvalue weighted by atomic mass is 35.5. The van der Waals surface area contributed by atoms with Crippen LogP contribution in [0, 0.1) is 0 Å². The van der Waals surface area contributed by atoms with E-state index in [2.05, 4.69) is 70.3 Å². The molecule has 0 bridgehead atoms. The van der Waals surface area contributed by atoms with Gasteiger partial charge in [0.2, 0.25) is 5.28 Å². The Hall–Kier alpha value is -2.95. The van der Waals surface area contributed by atoms with Gasteiger partial charge in [0.25, 0.3) is 0 Å². The predicted molar refractivity (Wildman–Crippen MR) is 152 cm³/mol. The van der Waals surface area contributed by atoms with Gasteiger partial charge in [-0.15, -0.1) is 0 Å². The molecule has 1 saturated heterocycles. The first-order chi connectivity index (χ1) is 17.9. The number of urea groups is 1. The van der Waals surface area contributed by atoms with Crippen LogP contribution in [-0.2, 0) is 5.41 Å². The van der Waals surface area contributed by atoms with Crippen LogP contribution >= 0.6 is 11.6 Å². The molecule has 4 N–H and O–H groups in total. The van der Waals surface area contributed by atoms with Gasteiger partial charge in [0.1, 0.15) is 5.82 Å². The van der Waals surface area contributed by atoms with E-state index in [0.717, 1.165) is 24.0 Å². The molecule has 3 aromatic rings. The number of hydrogen-bond donors (Lipinski definition) is 4. The van der Waals surface area contributed by atoms with Crippen molar-refractivity contribution in [1.82, 2.24) is 30.4 Å². The second-order valence-corrected chi connectivity index (χ2v) is 11.8. The Balaban J connectivity index is 1.26. The van der Waals surface area contributed by atoms with E-state index in [0.29, 0.717) is 44.1 Å². The number of anilines is 2. The molecule has 10 nitrogen and oxygen atoms in total. The summed E-state index contributed by atoms with van der Waals surface area (Å²) in [5.74, 6) is 0.684. The summed E-state index contributed by atoms with van der Waals surface area (Å²) in [5.41, 5.74) is 1.76. The molecule has 1 atom stereocenters. The number of hydrogen-bond acceptors (Lipinski definition) is 7. The number of H-pyrrole nitrogens is 1. The van der Waals surface area contributed by atoms with Gasteiger partial charge in [0.15, 0.2) is 5.65 Å². The van der Waals surface area contributed by atoms with E-state index in [1.165, 1.54) is 5.56 Å². The molecule has 206 valence electrons. The molecule has 4 rings (SSSR count). The Morgan fingerprint density at radius 2 is 2.00 bits per heavy atom. The molecule has 0 spiro atoms. The molecule has 1 aliphatic heterocycles. The number of carbonyl (C=O) groups excluding carboxylic acids is 1. The van der Waals surface area contributed by atoms with Crippen LogP contribution in [0.3, 0.4) is 0 Å². The Morgan fingerprint density at radius 3 is 2.68 bits per heavy atom. The van der Waals surface area contributed by atoms with Crippen molar-refractivity contribution >= 4 is 40.2 Å². The van der Waals surface area contributed by atoms with Gasteiger partial charge in [0, 0.05) is 44.5 Å². The summed E-state index contributed by atoms with van der Waals surface area (Å²) in [6.45, 7) is 13.7. The third-order valence-electron chi connectivity index (χ3n) is 7.04. The standard InChI is InChI=1S/C27H39ClN8O2/c1-18(2)35(13-6-12-29-25(37)31-20-9-7-19(8-10-20)26(3,4)5)16-27(38)11-14-36(17-27)23-21-15-30-34-22(21)32-24(28)33-23/h7-10,15,18,38H,6,11-14,16-17H2,1-5H3,(H2,29,31,37)(H,30,32,33,34). The average molecular weight is 543 g/mol. The number of fused-ring (bicyclic) bond motifs is 1. The van der Waals surface area contributed by atoms with Crippen molar-refractivity contribution in [3.05, 3.63) is 41.3 Å². The molecular weight excluding hydrogens is 504 g/mol. The summed E-state index contributed by atoms with van der Waals surface area (Å²) in [6.07, 6.45) is 3.07. The van der Waals surface area contributed by atoms with E-state index in [1.807, 2.05) is 29.2 Å². The summed E-state index contributed by atoms with van der Waals surface area (Å²) in [4.78, 5) is 25.2. The molecular formula is C27H39ClN8O2. The van der Waals surface area contributed by atoms with Crippen LogP contribution in [0.2, 0.25) is 5.28 Å². The van der Waals surface area contributed by atoms with Crippen LogP contribution < -0.4 is 15.5 Å². The van der Waals surface area contributed by atoms with Gasteiger partial charge in [0.05, 0.1) is 17.2 Å². The monoisotopic (exact) mass is 542 g/mol. The molecule has 1 fully saturated rings. The van der Waals surface area contributed by atoms with Gasteiger partial charge in [-0.05, 0) is 61.4 Å². The quantitative estimate of drug-likeness (QED) is 0.236. The lowest BCUT2D eigenvalue weighted by Gasteiger charge is -2.34. The summed E-state index contributed by atoms with van der Waals surface area (Å²) < 4.78 is 0. The van der Waals surface area contributed by atoms with Gasteiger partial charge >= 0.3 is 6.03 Å². The fraction of sp³-hybridized carbons (Fsp3) is 0.556. The number of rotatable bonds is 9. The fourth-order valence-corrected chi connectivity index (χ4v) is 4.98. The highest BCUT2D eigenvalue weighted by Gasteiger charge is 2.39. The molecule has 0 aliphatic carbocycles. The van der Waals surface area contributed by atoms with Crippen LogP contribution in [-0.4, -0.2) is 80.6 Å². The molecule has 38 heavy (non-hydrogen) atoms. The van der Waals surface area contributed by atoms with Crippen molar-refractivity contribution in [3.63, 3.8) is 0 Å². The van der Waals surface area contributed by atoms with Crippen LogP contribution in [0.15, 0.2) is 30.5 Å². The third-order valence-corrected chi connectivity index (χ3v) is 7.21. The molecule has 2 aromatic heterocycles. The lowest BCUT2D eigenvalue weighted by molar-refractivity contribution is 0.0125. The van der Waals surface area contributed by atoms with Gasteiger partial charge < -0.3 is 20.6 Å². The second-order valence-electron chi connectivity index (χ2n) is 11.5. The highest BCUT2D eigenvalue weighted by molar-refractivity contribution is 6.28. The summed E-state index contributed by atoms with van der Waals surface area (Å²) >= 11 is 6.12. The lowest BCUT2D eigenvalue weighted by Crippen LogP contribution is -2.48. The van der Waals surface area contributed by atoms with E-state index in [4.69, 9.17) is 11.6 Å². The Kier molecular flexibility index (Phi) is 8.44. The van der Waals surface area contributed by atoms with Crippen LogP contribution in [0.25, 0.3) is 11.0 Å². The van der Waals surface area contributed by atoms with E-state index in [-0.39, 0.29) is 22.8 Å². The minimum absolute atomic E-state index is 0.0724. The number of aromatic nitrogens is 4. The average Bonchev–Trinajstić information content (AvgIpc) is 3.47. The first-order valence-corrected chi connectivity index (χ1v) is 13.5. The van der Waals surface area contributed by atoms with Crippen molar-refractivity contribution < 1.29 is 9.90 Å². The number of benzene rings is 1. The number of halogens is 1. The maximum Gasteiger partial charge on any atom is 0.319 e. The zero-order chi connectivity index (χ0) is 27.5. The summed E-state index contributed by atoms with van der Waals surface area (Å²) in [5, 5.41) is 25.1. The molecule has 2 amide bonds. The van der Waals surface area contributed by atoms with Gasteiger partial charge in [-0.2, -0.15) is 15.1 Å². The van der Waals surface area contributed by atoms with Crippen molar-refractivity contribution in [2.75, 3.05) is 42.9 Å². The van der Waals surface area contributed by atoms with Crippen molar-refractivity contribution in [1.29, 1.82) is 0 Å². The molecule has 1 aliphatic rings. The maximum atomic E-state index is 12.4. The minimum Gasteiger partial charge on any atom is -0.387 e. The van der Waals surface area contributed by atoms with Crippen molar-refractivity contribution in [3.8, 4) is 0 Å². The molecule has 1 aromatic carbocycles. The lowest BCUT2D eigenvalue weighted by atomic mass is 9.87. The highest BCUT2D eigenvalue weighted by Crippen LogP contribution is 2.31. The van der Waals surface area contributed by atoms with Crippen LogP contribution in [0.5, 0.6) is 0 Å². The van der Waals surface area contributed by atoms with E-state index < -0.39 is 5.60 Å². The molecule has 0 radical (unpaired) electrons. The molecule has 1 unspecified atom stereocenters. The normalized spacial score (nSPS) is 18.1. The number of aromatic amines is 1. The Bertz CT molecular complexity index is 1240. The van der Waals surface area contributed by atoms with Crippen LogP contribution in [0.4, 0.5) is 16.3 Å². The zero-order valence-corrected chi connectivity index (χ0v) is 23.6. The number of β-amino-alcohol motifs (C(OH)–C–C–N with tert-alkyl or cyclic N) is 1. The number of nitrogens with one attached hydrogen (secondary N) is 3. The first kappa shape index (κ1) is 28.1. The molecule has 3 heterocycles. The topological polar surface area (TPSA) is 122 Å². The maximum absolute atomic E-state index is 12.4. The smallest absolute Gasteiger partial charge is 0.319 e. The van der Waals surface area contributed by atoms with Gasteiger partial charge in [-0.1, -0.05) is 32.9 Å². The first-order valence-electron chi connectivity index (χ1n) is 13.2. The second kappa shape index (κ2) is 11.4. The third kappa shape index (κ3) is 6.92. The van der Waals surface area contributed by atoms with Crippen molar-refractivity contribution in [2.24, 2.45) is 0 Å². The van der Waals surface area contributed by atoms with Crippen LogP contribution in [0.1, 0.15) is 53.0 Å². The Morgan fingerprint density at radius 1 is 1.26 bits per heavy atom. The Labute approximate surface area is 229 Å². The predicted octanol–water partition coefficient (Wildman–Crippen LogP) is 4.17. The van der Waals surface area contributed by atoms with E-state index in [9.17, 15) is 9.90 Å².